The van der Waals surface area contributed by atoms with Crippen LogP contribution in [0.2, 0.25) is 0 Å². The normalized spacial score (nSPS) is 24.0. The minimum atomic E-state index is -0.699. The van der Waals surface area contributed by atoms with Gasteiger partial charge in [-0.2, -0.15) is 0 Å². The molecule has 30 heavy (non-hydrogen) atoms. The number of aryl methyl sites for hydroxylation is 1. The zero-order valence-corrected chi connectivity index (χ0v) is 16.8. The quantitative estimate of drug-likeness (QED) is 0.465. The smallest absolute Gasteiger partial charge is 0.296 e. The number of likely N-dealkylation sites (tertiary alicyclic amines) is 1. The van der Waals surface area contributed by atoms with Crippen LogP contribution in [0.3, 0.4) is 0 Å². The van der Waals surface area contributed by atoms with Crippen LogP contribution >= 0.6 is 0 Å². The van der Waals surface area contributed by atoms with Gasteiger partial charge in [-0.25, -0.2) is 0 Å². The summed E-state index contributed by atoms with van der Waals surface area (Å²) in [5.74, 6) is -0.0355. The van der Waals surface area contributed by atoms with Crippen LogP contribution < -0.4 is 4.74 Å². The second kappa shape index (κ2) is 7.67. The molecule has 1 saturated heterocycles. The lowest BCUT2D eigenvalue weighted by atomic mass is 9.92. The molecule has 0 spiro atoms. The molecule has 5 rings (SSSR count). The molecule has 1 amide bonds. The number of fused-ring (bicyclic) bond motifs is 1. The maximum Gasteiger partial charge on any atom is 0.296 e. The Balaban J connectivity index is 1.61. The number of hydrogen-bond donors (Lipinski definition) is 1. The predicted molar refractivity (Wildman–Crippen MR) is 110 cm³/mol. The molecular weight excluding hydrogens is 382 g/mol. The summed E-state index contributed by atoms with van der Waals surface area (Å²) in [5, 5.41) is 11.2. The minimum absolute atomic E-state index is 0.0208. The van der Waals surface area contributed by atoms with E-state index in [1.807, 2.05) is 12.1 Å². The summed E-state index contributed by atoms with van der Waals surface area (Å²) in [6.07, 6.45) is 8.23. The highest BCUT2D eigenvalue weighted by Gasteiger charge is 2.50. The van der Waals surface area contributed by atoms with Gasteiger partial charge in [-0.15, -0.1) is 0 Å². The molecule has 2 fully saturated rings. The number of nitrogens with zero attached hydrogens (tertiary/aromatic N) is 1. The summed E-state index contributed by atoms with van der Waals surface area (Å²) in [7, 11) is 0. The third-order valence-electron chi connectivity index (χ3n) is 6.44. The first-order valence-electron chi connectivity index (χ1n) is 10.7. The molecule has 3 aliphatic rings. The van der Waals surface area contributed by atoms with Crippen molar-refractivity contribution in [3.63, 3.8) is 0 Å². The molecule has 2 aliphatic heterocycles. The first kappa shape index (κ1) is 19.0. The number of aliphatic hydroxyl groups excluding tert-OH is 1. The maximum atomic E-state index is 13.1. The largest absolute Gasteiger partial charge is 0.507 e. The Kier molecular flexibility index (Phi) is 4.85. The monoisotopic (exact) mass is 407 g/mol. The lowest BCUT2D eigenvalue weighted by molar-refractivity contribution is -0.142. The molecule has 3 heterocycles. The van der Waals surface area contributed by atoms with E-state index in [1.54, 1.807) is 23.1 Å². The van der Waals surface area contributed by atoms with E-state index in [4.69, 9.17) is 9.15 Å². The van der Waals surface area contributed by atoms with Crippen molar-refractivity contribution >= 4 is 17.4 Å². The molecule has 1 aliphatic carbocycles. The number of ether oxygens (including phenoxy) is 1. The van der Waals surface area contributed by atoms with Gasteiger partial charge in [-0.3, -0.25) is 9.59 Å². The van der Waals surface area contributed by atoms with E-state index < -0.39 is 17.7 Å². The third-order valence-corrected chi connectivity index (χ3v) is 6.44. The van der Waals surface area contributed by atoms with Gasteiger partial charge in [0.2, 0.25) is 0 Å². The highest BCUT2D eigenvalue weighted by molar-refractivity contribution is 6.46. The van der Waals surface area contributed by atoms with Gasteiger partial charge in [0.1, 0.15) is 23.3 Å². The molecule has 6 heteroatoms. The number of furan rings is 1. The summed E-state index contributed by atoms with van der Waals surface area (Å²) in [5.41, 5.74) is 1.64. The molecule has 1 atom stereocenters. The second-order valence-corrected chi connectivity index (χ2v) is 8.29. The average Bonchev–Trinajstić information content (AvgIpc) is 3.40. The van der Waals surface area contributed by atoms with Crippen molar-refractivity contribution in [1.82, 2.24) is 4.90 Å². The van der Waals surface area contributed by atoms with Crippen LogP contribution in [-0.2, 0) is 16.0 Å². The number of Topliss-reactive ketones (excluding diaryl/α,β-unsaturated/α-hetero) is 1. The van der Waals surface area contributed by atoms with E-state index in [2.05, 4.69) is 0 Å². The minimum Gasteiger partial charge on any atom is -0.507 e. The zero-order chi connectivity index (χ0) is 20.7. The summed E-state index contributed by atoms with van der Waals surface area (Å²) in [6, 6.07) is 8.21. The number of ketones is 1. The van der Waals surface area contributed by atoms with Crippen molar-refractivity contribution in [2.45, 2.75) is 57.0 Å². The van der Waals surface area contributed by atoms with Crippen LogP contribution in [0.4, 0.5) is 0 Å². The molecule has 1 aromatic heterocycles. The van der Waals surface area contributed by atoms with Crippen molar-refractivity contribution in [1.29, 1.82) is 0 Å². The van der Waals surface area contributed by atoms with Crippen LogP contribution in [0, 0.1) is 0 Å². The number of amides is 1. The maximum absolute atomic E-state index is 13.1. The van der Waals surface area contributed by atoms with E-state index in [-0.39, 0.29) is 17.4 Å². The number of rotatable bonds is 3. The molecule has 0 radical (unpaired) electrons. The summed E-state index contributed by atoms with van der Waals surface area (Å²) in [4.78, 5) is 27.8. The van der Waals surface area contributed by atoms with Gasteiger partial charge in [0.25, 0.3) is 11.7 Å². The van der Waals surface area contributed by atoms with Gasteiger partial charge < -0.3 is 19.2 Å². The summed E-state index contributed by atoms with van der Waals surface area (Å²) >= 11 is 0. The Morgan fingerprint density at radius 2 is 1.90 bits per heavy atom. The van der Waals surface area contributed by atoms with E-state index in [0.717, 1.165) is 56.3 Å². The molecular formula is C24H25NO5. The topological polar surface area (TPSA) is 80.0 Å². The van der Waals surface area contributed by atoms with Crippen LogP contribution in [0.5, 0.6) is 5.75 Å². The molecule has 1 unspecified atom stereocenters. The number of carbonyl (C=O) groups is 2. The van der Waals surface area contributed by atoms with E-state index in [1.165, 1.54) is 6.26 Å². The summed E-state index contributed by atoms with van der Waals surface area (Å²) in [6.45, 7) is 0.684. The van der Waals surface area contributed by atoms with Gasteiger partial charge in [-0.05, 0) is 61.6 Å². The van der Waals surface area contributed by atoms with Gasteiger partial charge in [0.05, 0.1) is 18.4 Å². The van der Waals surface area contributed by atoms with Gasteiger partial charge in [-0.1, -0.05) is 19.3 Å². The Morgan fingerprint density at radius 3 is 2.67 bits per heavy atom. The van der Waals surface area contributed by atoms with E-state index in [9.17, 15) is 14.7 Å². The molecule has 6 nitrogen and oxygen atoms in total. The molecule has 1 N–H and O–H groups in total. The highest BCUT2D eigenvalue weighted by atomic mass is 16.5. The number of carbonyl (C=O) groups excluding carboxylic acids is 2. The Labute approximate surface area is 175 Å². The Morgan fingerprint density at radius 1 is 1.07 bits per heavy atom. The van der Waals surface area contributed by atoms with Crippen molar-refractivity contribution in [3.05, 3.63) is 59.1 Å². The SMILES string of the molecule is O=C1C(=O)N(C2CCCCC2)C(c2ccco2)/C1=C(/O)c1ccc2c(c1)CCCO2. The average molecular weight is 407 g/mol. The van der Waals surface area contributed by atoms with Crippen LogP contribution in [0.15, 0.2) is 46.6 Å². The van der Waals surface area contributed by atoms with Gasteiger partial charge in [0, 0.05) is 11.6 Å². The van der Waals surface area contributed by atoms with Crippen molar-refractivity contribution in [2.75, 3.05) is 6.61 Å². The lowest BCUT2D eigenvalue weighted by Crippen LogP contribution is -2.40. The molecule has 156 valence electrons. The van der Waals surface area contributed by atoms with E-state index >= 15 is 0 Å². The fraction of sp³-hybridized carbons (Fsp3) is 0.417. The Hall–Kier alpha value is -3.02. The summed E-state index contributed by atoms with van der Waals surface area (Å²) < 4.78 is 11.3. The zero-order valence-electron chi connectivity index (χ0n) is 16.8. The van der Waals surface area contributed by atoms with Crippen LogP contribution in [-0.4, -0.2) is 34.3 Å². The third kappa shape index (κ3) is 3.11. The fourth-order valence-electron chi connectivity index (χ4n) is 4.98. The molecule has 0 bridgehead atoms. The van der Waals surface area contributed by atoms with Crippen molar-refractivity contribution in [2.24, 2.45) is 0 Å². The first-order chi connectivity index (χ1) is 14.6. The standard InChI is InChI=1S/C24H25NO5/c26-22(16-10-11-18-15(14-16)6-4-12-29-18)20-21(19-9-5-13-30-19)25(24(28)23(20)27)17-7-2-1-3-8-17/h5,9-11,13-14,17,21,26H,1-4,6-8,12H2/b22-20-. The van der Waals surface area contributed by atoms with Crippen LogP contribution in [0.1, 0.15) is 61.5 Å². The van der Waals surface area contributed by atoms with Gasteiger partial charge in [0.15, 0.2) is 0 Å². The molecule has 1 aromatic carbocycles. The second-order valence-electron chi connectivity index (χ2n) is 8.29. The van der Waals surface area contributed by atoms with Crippen molar-refractivity contribution < 1.29 is 23.8 Å². The first-order valence-corrected chi connectivity index (χ1v) is 10.7. The van der Waals surface area contributed by atoms with Gasteiger partial charge >= 0.3 is 0 Å². The number of aliphatic hydroxyl groups is 1. The fourth-order valence-corrected chi connectivity index (χ4v) is 4.98. The number of hydrogen-bond acceptors (Lipinski definition) is 5. The van der Waals surface area contributed by atoms with E-state index in [0.29, 0.717) is 17.9 Å². The number of benzene rings is 1. The molecule has 1 saturated carbocycles. The molecule has 2 aromatic rings. The highest BCUT2D eigenvalue weighted by Crippen LogP contribution is 2.43. The van der Waals surface area contributed by atoms with Crippen molar-refractivity contribution in [3.8, 4) is 5.75 Å². The predicted octanol–water partition coefficient (Wildman–Crippen LogP) is 4.36. The Bertz CT molecular complexity index is 1000. The van der Waals surface area contributed by atoms with Crippen LogP contribution in [0.25, 0.3) is 5.76 Å². The lowest BCUT2D eigenvalue weighted by Gasteiger charge is -2.34.